The maximum Gasteiger partial charge on any atom is 0.191 e. The molecule has 0 aliphatic carbocycles. The molecule has 1 aliphatic rings. The van der Waals surface area contributed by atoms with Crippen LogP contribution < -0.4 is 15.5 Å². The van der Waals surface area contributed by atoms with Crippen molar-refractivity contribution < 1.29 is 14.3 Å². The molecule has 0 saturated carbocycles. The van der Waals surface area contributed by atoms with Gasteiger partial charge in [-0.1, -0.05) is 6.07 Å². The van der Waals surface area contributed by atoms with Crippen molar-refractivity contribution >= 4 is 11.8 Å². The van der Waals surface area contributed by atoms with Crippen molar-refractivity contribution in [1.29, 1.82) is 0 Å². The summed E-state index contributed by atoms with van der Waals surface area (Å²) in [5.41, 5.74) is -0.117. The van der Waals surface area contributed by atoms with Crippen LogP contribution in [0.5, 0.6) is 0 Å². The summed E-state index contributed by atoms with van der Waals surface area (Å²) < 4.78 is 11.2. The summed E-state index contributed by atoms with van der Waals surface area (Å²) in [7, 11) is 0. The molecule has 1 fully saturated rings. The highest BCUT2D eigenvalue weighted by Crippen LogP contribution is 2.22. The Morgan fingerprint density at radius 2 is 2.17 bits per heavy atom. The van der Waals surface area contributed by atoms with Gasteiger partial charge in [0.05, 0.1) is 25.8 Å². The number of rotatable bonds is 7. The Morgan fingerprint density at radius 3 is 2.80 bits per heavy atom. The lowest BCUT2D eigenvalue weighted by Crippen LogP contribution is -2.44. The van der Waals surface area contributed by atoms with Crippen molar-refractivity contribution in [1.82, 2.24) is 15.6 Å². The summed E-state index contributed by atoms with van der Waals surface area (Å²) in [6.45, 7) is 11.6. The van der Waals surface area contributed by atoms with E-state index in [0.717, 1.165) is 43.4 Å². The van der Waals surface area contributed by atoms with Crippen LogP contribution in [0.3, 0.4) is 0 Å². The normalized spacial score (nSPS) is 19.4. The smallest absolute Gasteiger partial charge is 0.191 e. The van der Waals surface area contributed by atoms with E-state index in [4.69, 9.17) is 9.15 Å². The number of guanidine groups is 1. The Balaban J connectivity index is 1.58. The van der Waals surface area contributed by atoms with E-state index in [1.54, 1.807) is 13.0 Å². The van der Waals surface area contributed by atoms with E-state index in [-0.39, 0.29) is 12.6 Å². The molecule has 0 spiro atoms. The van der Waals surface area contributed by atoms with E-state index < -0.39 is 5.60 Å². The summed E-state index contributed by atoms with van der Waals surface area (Å²) in [4.78, 5) is 11.5. The number of aliphatic imine (C=N–C) groups is 1. The number of morpholine rings is 1. The molecule has 0 amide bonds. The first-order chi connectivity index (χ1) is 14.4. The van der Waals surface area contributed by atoms with Crippen LogP contribution in [0.2, 0.25) is 0 Å². The molecule has 2 aromatic heterocycles. The highest BCUT2D eigenvalue weighted by atomic mass is 16.5. The summed E-state index contributed by atoms with van der Waals surface area (Å²) >= 11 is 0. The van der Waals surface area contributed by atoms with Gasteiger partial charge in [-0.15, -0.1) is 0 Å². The molecular formula is C22H33N5O3. The number of aryl methyl sites for hydroxylation is 1. The lowest BCUT2D eigenvalue weighted by Gasteiger charge is -2.32. The molecule has 164 valence electrons. The molecule has 1 saturated heterocycles. The standard InChI is InChI=1S/C22H33N5O3/c1-5-23-21(26-15-22(4,28)19-8-6-16(2)30-19)25-13-18-7-9-20(24-12-18)27-10-11-29-17(3)14-27/h6-9,12,17,28H,5,10-11,13-15H2,1-4H3,(H2,23,25,26). The molecule has 3 N–H and O–H groups in total. The molecular weight excluding hydrogens is 382 g/mol. The van der Waals surface area contributed by atoms with Crippen molar-refractivity contribution in [2.24, 2.45) is 4.99 Å². The van der Waals surface area contributed by atoms with E-state index in [9.17, 15) is 5.11 Å². The Labute approximate surface area is 178 Å². The van der Waals surface area contributed by atoms with Crippen LogP contribution in [0.25, 0.3) is 0 Å². The first kappa shape index (κ1) is 22.1. The van der Waals surface area contributed by atoms with Gasteiger partial charge in [-0.3, -0.25) is 0 Å². The zero-order valence-electron chi connectivity index (χ0n) is 18.3. The van der Waals surface area contributed by atoms with Crippen LogP contribution in [-0.4, -0.2) is 54.9 Å². The second-order valence-corrected chi connectivity index (χ2v) is 7.88. The minimum absolute atomic E-state index is 0.223. The summed E-state index contributed by atoms with van der Waals surface area (Å²) in [5.74, 6) is 2.90. The van der Waals surface area contributed by atoms with E-state index >= 15 is 0 Å². The number of nitrogens with one attached hydrogen (secondary N) is 2. The van der Waals surface area contributed by atoms with E-state index in [1.165, 1.54) is 0 Å². The molecule has 0 aromatic carbocycles. The van der Waals surface area contributed by atoms with Crippen LogP contribution >= 0.6 is 0 Å². The molecule has 8 heteroatoms. The molecule has 8 nitrogen and oxygen atoms in total. The van der Waals surface area contributed by atoms with Gasteiger partial charge in [-0.25, -0.2) is 9.98 Å². The summed E-state index contributed by atoms with van der Waals surface area (Å²) in [5, 5.41) is 17.1. The van der Waals surface area contributed by atoms with Gasteiger partial charge in [0.1, 0.15) is 22.9 Å². The average molecular weight is 416 g/mol. The fourth-order valence-electron chi connectivity index (χ4n) is 3.30. The highest BCUT2D eigenvalue weighted by molar-refractivity contribution is 5.79. The number of pyridine rings is 1. The predicted octanol–water partition coefficient (Wildman–Crippen LogP) is 2.17. The lowest BCUT2D eigenvalue weighted by atomic mass is 10.0. The second kappa shape index (κ2) is 9.95. The molecule has 2 aromatic rings. The van der Waals surface area contributed by atoms with Gasteiger partial charge in [-0.2, -0.15) is 0 Å². The van der Waals surface area contributed by atoms with Crippen LogP contribution in [0, 0.1) is 6.92 Å². The number of nitrogens with zero attached hydrogens (tertiary/aromatic N) is 3. The Hall–Kier alpha value is -2.58. The number of hydrogen-bond donors (Lipinski definition) is 3. The van der Waals surface area contributed by atoms with E-state index in [2.05, 4.69) is 38.5 Å². The first-order valence-corrected chi connectivity index (χ1v) is 10.5. The fourth-order valence-corrected chi connectivity index (χ4v) is 3.30. The molecule has 2 unspecified atom stereocenters. The molecule has 1 aliphatic heterocycles. The Morgan fingerprint density at radius 1 is 1.33 bits per heavy atom. The van der Waals surface area contributed by atoms with Gasteiger partial charge in [0, 0.05) is 25.8 Å². The number of aromatic nitrogens is 1. The van der Waals surface area contributed by atoms with Gasteiger partial charge in [0.2, 0.25) is 0 Å². The topological polar surface area (TPSA) is 95.2 Å². The Kier molecular flexibility index (Phi) is 7.33. The van der Waals surface area contributed by atoms with Crippen molar-refractivity contribution in [3.05, 3.63) is 47.5 Å². The van der Waals surface area contributed by atoms with Gasteiger partial charge in [0.15, 0.2) is 5.96 Å². The zero-order chi connectivity index (χ0) is 21.6. The van der Waals surface area contributed by atoms with Crippen molar-refractivity contribution in [3.8, 4) is 0 Å². The summed E-state index contributed by atoms with van der Waals surface area (Å²) in [6, 6.07) is 7.73. The number of furan rings is 1. The van der Waals surface area contributed by atoms with Crippen LogP contribution in [-0.2, 0) is 16.9 Å². The minimum Gasteiger partial charge on any atom is -0.463 e. The third kappa shape index (κ3) is 5.96. The Bertz CT molecular complexity index is 832. The summed E-state index contributed by atoms with van der Waals surface area (Å²) in [6.07, 6.45) is 2.09. The van der Waals surface area contributed by atoms with Crippen LogP contribution in [0.4, 0.5) is 5.82 Å². The SMILES string of the molecule is CCNC(=NCc1ccc(N2CCOC(C)C2)nc1)NCC(C)(O)c1ccc(C)o1. The maximum absolute atomic E-state index is 10.7. The maximum atomic E-state index is 10.7. The van der Waals surface area contributed by atoms with Crippen molar-refractivity contribution in [2.75, 3.05) is 37.7 Å². The predicted molar refractivity (Wildman–Crippen MR) is 118 cm³/mol. The monoisotopic (exact) mass is 415 g/mol. The largest absolute Gasteiger partial charge is 0.463 e. The number of anilines is 1. The number of hydrogen-bond acceptors (Lipinski definition) is 6. The van der Waals surface area contributed by atoms with E-state index in [0.29, 0.717) is 18.3 Å². The van der Waals surface area contributed by atoms with Crippen LogP contribution in [0.1, 0.15) is 37.9 Å². The van der Waals surface area contributed by atoms with Gasteiger partial charge in [0.25, 0.3) is 0 Å². The third-order valence-corrected chi connectivity index (χ3v) is 5.01. The number of ether oxygens (including phenoxy) is 1. The van der Waals surface area contributed by atoms with Crippen molar-refractivity contribution in [3.63, 3.8) is 0 Å². The zero-order valence-corrected chi connectivity index (χ0v) is 18.3. The van der Waals surface area contributed by atoms with Gasteiger partial charge in [-0.05, 0) is 51.5 Å². The molecule has 3 heterocycles. The molecule has 30 heavy (non-hydrogen) atoms. The van der Waals surface area contributed by atoms with Gasteiger partial charge < -0.3 is 29.8 Å². The minimum atomic E-state index is -1.14. The second-order valence-electron chi connectivity index (χ2n) is 7.88. The third-order valence-electron chi connectivity index (χ3n) is 5.01. The quantitative estimate of drug-likeness (QED) is 0.471. The number of aliphatic hydroxyl groups is 1. The molecule has 0 radical (unpaired) electrons. The molecule has 2 atom stereocenters. The van der Waals surface area contributed by atoms with Crippen molar-refractivity contribution in [2.45, 2.75) is 45.9 Å². The molecule has 0 bridgehead atoms. The van der Waals surface area contributed by atoms with Crippen LogP contribution in [0.15, 0.2) is 39.9 Å². The van der Waals surface area contributed by atoms with E-state index in [1.807, 2.05) is 32.2 Å². The highest BCUT2D eigenvalue weighted by Gasteiger charge is 2.27. The fraction of sp³-hybridized carbons (Fsp3) is 0.545. The first-order valence-electron chi connectivity index (χ1n) is 10.5. The molecule has 3 rings (SSSR count). The average Bonchev–Trinajstić information content (AvgIpc) is 3.18. The lowest BCUT2D eigenvalue weighted by molar-refractivity contribution is 0.0378. The van der Waals surface area contributed by atoms with Gasteiger partial charge >= 0.3 is 0 Å².